The van der Waals surface area contributed by atoms with Crippen molar-refractivity contribution in [1.82, 2.24) is 0 Å². The van der Waals surface area contributed by atoms with Crippen LogP contribution in [0.5, 0.6) is 0 Å². The summed E-state index contributed by atoms with van der Waals surface area (Å²) in [6.07, 6.45) is 5.21. The van der Waals surface area contributed by atoms with E-state index in [4.69, 9.17) is 4.74 Å². The molecule has 2 nitrogen and oxygen atoms in total. The largest absolute Gasteiger partial charge is 0.461 e. The molecule has 2 aromatic carbocycles. The number of esters is 1. The van der Waals surface area contributed by atoms with Crippen LogP contribution in [0.1, 0.15) is 51.5 Å². The van der Waals surface area contributed by atoms with Crippen molar-refractivity contribution >= 4 is 17.7 Å². The molecular formula is C27H34O2S. The van der Waals surface area contributed by atoms with E-state index in [0.717, 1.165) is 23.3 Å². The van der Waals surface area contributed by atoms with Crippen molar-refractivity contribution in [2.24, 2.45) is 17.8 Å². The smallest absolute Gasteiger partial charge is 0.320 e. The van der Waals surface area contributed by atoms with Crippen molar-refractivity contribution < 1.29 is 9.53 Å². The highest BCUT2D eigenvalue weighted by Gasteiger charge is 2.37. The van der Waals surface area contributed by atoms with Gasteiger partial charge >= 0.3 is 5.97 Å². The molecule has 160 valence electrons. The van der Waals surface area contributed by atoms with E-state index >= 15 is 0 Å². The monoisotopic (exact) mass is 422 g/mol. The fraction of sp³-hybridized carbons (Fsp3) is 0.444. The minimum Gasteiger partial charge on any atom is -0.461 e. The molecule has 1 aliphatic rings. The predicted molar refractivity (Wildman–Crippen MR) is 127 cm³/mol. The number of ether oxygens (including phenoxy) is 1. The summed E-state index contributed by atoms with van der Waals surface area (Å²) in [6, 6.07) is 20.3. The maximum Gasteiger partial charge on any atom is 0.320 e. The Hall–Kier alpha value is -2.00. The van der Waals surface area contributed by atoms with Gasteiger partial charge < -0.3 is 4.74 Å². The molecule has 0 heterocycles. The highest BCUT2D eigenvalue weighted by atomic mass is 32.2. The fourth-order valence-corrected chi connectivity index (χ4v) is 5.66. The van der Waals surface area contributed by atoms with Crippen molar-refractivity contribution in [2.75, 3.05) is 0 Å². The summed E-state index contributed by atoms with van der Waals surface area (Å²) in [5, 5.41) is -0.364. The van der Waals surface area contributed by atoms with Crippen LogP contribution in [-0.2, 0) is 9.53 Å². The van der Waals surface area contributed by atoms with Crippen molar-refractivity contribution in [1.29, 1.82) is 0 Å². The van der Waals surface area contributed by atoms with E-state index in [0.29, 0.717) is 17.8 Å². The molecule has 30 heavy (non-hydrogen) atoms. The van der Waals surface area contributed by atoms with Gasteiger partial charge in [-0.2, -0.15) is 0 Å². The van der Waals surface area contributed by atoms with Gasteiger partial charge in [-0.25, -0.2) is 0 Å². The first-order valence-corrected chi connectivity index (χ1v) is 12.0. The van der Waals surface area contributed by atoms with E-state index in [-0.39, 0.29) is 23.2 Å². The number of rotatable bonds is 8. The lowest BCUT2D eigenvalue weighted by Crippen LogP contribution is -2.39. The van der Waals surface area contributed by atoms with Gasteiger partial charge in [-0.05, 0) is 48.3 Å². The first-order valence-electron chi connectivity index (χ1n) is 11.1. The number of carbonyl (C=O) groups excluding carboxylic acids is 1. The second kappa shape index (κ2) is 10.9. The standard InChI is InChI=1S/C27H34O2S/c1-5-23(21-12-8-6-9-13-21)26(30-22-14-10-7-11-15-22)27(28)29-25-18-20(4)16-17-24(25)19(2)3/h5-15,19-20,23-26H,1,16-18H2,2-4H3/t20?,23-,24?,25?,26+/m0/s1. The van der Waals surface area contributed by atoms with Crippen LogP contribution in [0.2, 0.25) is 0 Å². The Morgan fingerprint density at radius 2 is 1.70 bits per heavy atom. The SMILES string of the molecule is C=C[C@@H](c1ccccc1)[C@@H](Sc1ccccc1)C(=O)OC1CC(C)CCC1C(C)C. The zero-order valence-corrected chi connectivity index (χ0v) is 19.2. The lowest BCUT2D eigenvalue weighted by molar-refractivity contribution is -0.155. The first-order chi connectivity index (χ1) is 14.5. The molecule has 0 amide bonds. The minimum absolute atomic E-state index is 0.00126. The van der Waals surface area contributed by atoms with Crippen LogP contribution in [0.25, 0.3) is 0 Å². The van der Waals surface area contributed by atoms with Crippen molar-refractivity contribution in [2.45, 2.75) is 62.2 Å². The highest BCUT2D eigenvalue weighted by molar-refractivity contribution is 8.00. The zero-order valence-electron chi connectivity index (χ0n) is 18.4. The Morgan fingerprint density at radius 3 is 2.30 bits per heavy atom. The van der Waals surface area contributed by atoms with Crippen LogP contribution < -0.4 is 0 Å². The molecule has 2 aromatic rings. The second-order valence-corrected chi connectivity index (χ2v) is 10.0. The van der Waals surface area contributed by atoms with Crippen LogP contribution >= 0.6 is 11.8 Å². The normalized spacial score (nSPS) is 23.5. The van der Waals surface area contributed by atoms with Crippen molar-refractivity contribution in [3.63, 3.8) is 0 Å². The number of thioether (sulfide) groups is 1. The molecule has 0 aromatic heterocycles. The van der Waals surface area contributed by atoms with Gasteiger partial charge in [0.15, 0.2) is 0 Å². The third-order valence-electron chi connectivity index (χ3n) is 6.23. The molecule has 1 saturated carbocycles. The number of hydrogen-bond donors (Lipinski definition) is 0. The average Bonchev–Trinajstić information content (AvgIpc) is 2.75. The summed E-state index contributed by atoms with van der Waals surface area (Å²) >= 11 is 1.58. The van der Waals surface area contributed by atoms with Crippen LogP contribution in [0, 0.1) is 17.8 Å². The summed E-state index contributed by atoms with van der Waals surface area (Å²) in [7, 11) is 0. The van der Waals surface area contributed by atoms with Gasteiger partial charge in [0, 0.05) is 10.8 Å². The quantitative estimate of drug-likeness (QED) is 0.257. The lowest BCUT2D eigenvalue weighted by atomic mass is 9.75. The third-order valence-corrected chi connectivity index (χ3v) is 7.52. The second-order valence-electron chi connectivity index (χ2n) is 8.83. The summed E-state index contributed by atoms with van der Waals surface area (Å²) in [5.41, 5.74) is 1.09. The number of carbonyl (C=O) groups is 1. The molecule has 3 rings (SSSR count). The number of benzene rings is 2. The summed E-state index contributed by atoms with van der Waals surface area (Å²) in [4.78, 5) is 14.6. The average molecular weight is 423 g/mol. The molecule has 1 fully saturated rings. The lowest BCUT2D eigenvalue weighted by Gasteiger charge is -2.37. The van der Waals surface area contributed by atoms with E-state index in [2.05, 4.69) is 51.6 Å². The summed E-state index contributed by atoms with van der Waals surface area (Å²) in [6.45, 7) is 10.8. The highest BCUT2D eigenvalue weighted by Crippen LogP contribution is 2.39. The maximum absolute atomic E-state index is 13.6. The van der Waals surface area contributed by atoms with E-state index < -0.39 is 0 Å². The van der Waals surface area contributed by atoms with Gasteiger partial charge in [-0.3, -0.25) is 4.79 Å². The fourth-order valence-electron chi connectivity index (χ4n) is 4.49. The maximum atomic E-state index is 13.6. The minimum atomic E-state index is -0.364. The van der Waals surface area contributed by atoms with Crippen molar-refractivity contribution in [3.8, 4) is 0 Å². The molecule has 3 unspecified atom stereocenters. The molecule has 3 heteroatoms. The topological polar surface area (TPSA) is 26.3 Å². The van der Waals surface area contributed by atoms with Gasteiger partial charge in [0.1, 0.15) is 11.4 Å². The number of allylic oxidation sites excluding steroid dienone is 1. The molecule has 5 atom stereocenters. The van der Waals surface area contributed by atoms with Crippen LogP contribution in [0.3, 0.4) is 0 Å². The van der Waals surface area contributed by atoms with Crippen LogP contribution in [0.4, 0.5) is 0 Å². The molecule has 0 N–H and O–H groups in total. The molecule has 0 spiro atoms. The molecular weight excluding hydrogens is 388 g/mol. The molecule has 0 saturated heterocycles. The Morgan fingerprint density at radius 1 is 1.07 bits per heavy atom. The van der Waals surface area contributed by atoms with Gasteiger partial charge in [0.25, 0.3) is 0 Å². The van der Waals surface area contributed by atoms with Gasteiger partial charge in [0.05, 0.1) is 0 Å². The number of hydrogen-bond acceptors (Lipinski definition) is 3. The van der Waals surface area contributed by atoms with E-state index in [1.54, 1.807) is 11.8 Å². The zero-order chi connectivity index (χ0) is 21.5. The summed E-state index contributed by atoms with van der Waals surface area (Å²) in [5.74, 6) is 1.32. The Balaban J connectivity index is 1.86. The Kier molecular flexibility index (Phi) is 8.21. The first kappa shape index (κ1) is 22.7. The van der Waals surface area contributed by atoms with Gasteiger partial charge in [-0.1, -0.05) is 81.8 Å². The van der Waals surface area contributed by atoms with Gasteiger partial charge in [0.2, 0.25) is 0 Å². The molecule has 0 radical (unpaired) electrons. The van der Waals surface area contributed by atoms with Crippen LogP contribution in [0.15, 0.2) is 78.2 Å². The van der Waals surface area contributed by atoms with Gasteiger partial charge in [-0.15, -0.1) is 18.3 Å². The predicted octanol–water partition coefficient (Wildman–Crippen LogP) is 7.12. The molecule has 0 bridgehead atoms. The molecule has 1 aliphatic carbocycles. The van der Waals surface area contributed by atoms with E-state index in [1.165, 1.54) is 6.42 Å². The Labute approximate surface area is 186 Å². The van der Waals surface area contributed by atoms with Crippen molar-refractivity contribution in [3.05, 3.63) is 78.9 Å². The summed E-state index contributed by atoms with van der Waals surface area (Å²) < 4.78 is 6.27. The Bertz CT molecular complexity index is 802. The van der Waals surface area contributed by atoms with Crippen LogP contribution in [-0.4, -0.2) is 17.3 Å². The molecule has 0 aliphatic heterocycles. The third kappa shape index (κ3) is 5.78. The van der Waals surface area contributed by atoms with E-state index in [1.807, 2.05) is 42.5 Å². The van der Waals surface area contributed by atoms with E-state index in [9.17, 15) is 4.79 Å².